The summed E-state index contributed by atoms with van der Waals surface area (Å²) in [6.45, 7) is 7.55. The van der Waals surface area contributed by atoms with E-state index in [1.54, 1.807) is 29.0 Å². The molecule has 1 heterocycles. The molecule has 31 heavy (non-hydrogen) atoms. The van der Waals surface area contributed by atoms with Gasteiger partial charge in [-0.3, -0.25) is 4.79 Å². The zero-order valence-electron chi connectivity index (χ0n) is 18.5. The van der Waals surface area contributed by atoms with Crippen molar-refractivity contribution in [1.29, 1.82) is 0 Å². The van der Waals surface area contributed by atoms with Crippen LogP contribution in [0.25, 0.3) is 5.69 Å². The summed E-state index contributed by atoms with van der Waals surface area (Å²) < 4.78 is 1.68. The average Bonchev–Trinajstić information content (AvgIpc) is 3.30. The molecule has 3 rings (SSSR count). The molecule has 3 amide bonds. The number of nitrogens with one attached hydrogen (secondary N) is 2. The van der Waals surface area contributed by atoms with Crippen molar-refractivity contribution in [2.24, 2.45) is 5.92 Å². The van der Waals surface area contributed by atoms with E-state index in [1.165, 1.54) is 6.33 Å². The molecule has 1 aromatic heterocycles. The van der Waals surface area contributed by atoms with E-state index in [0.717, 1.165) is 16.8 Å². The molecule has 0 saturated carbocycles. The van der Waals surface area contributed by atoms with Crippen LogP contribution in [0.4, 0.5) is 16.2 Å². The number of carbonyl (C=O) groups is 2. The van der Waals surface area contributed by atoms with Crippen LogP contribution in [0.1, 0.15) is 37.9 Å². The molecule has 0 aliphatic rings. The Hall–Kier alpha value is -3.68. The van der Waals surface area contributed by atoms with Gasteiger partial charge in [-0.05, 0) is 49.2 Å². The zero-order valence-corrected chi connectivity index (χ0v) is 18.5. The molecule has 0 aliphatic carbocycles. The van der Waals surface area contributed by atoms with Crippen LogP contribution in [0.5, 0.6) is 0 Å². The predicted octanol–water partition coefficient (Wildman–Crippen LogP) is 4.40. The van der Waals surface area contributed by atoms with Crippen LogP contribution in [0.3, 0.4) is 0 Å². The van der Waals surface area contributed by atoms with Crippen LogP contribution < -0.4 is 10.6 Å². The smallest absolute Gasteiger partial charge is 0.322 e. The fraction of sp³-hybridized carbons (Fsp3) is 0.304. The number of amides is 3. The quantitative estimate of drug-likeness (QED) is 0.618. The average molecular weight is 421 g/mol. The van der Waals surface area contributed by atoms with Crippen molar-refractivity contribution in [2.75, 3.05) is 17.7 Å². The molecule has 2 aromatic carbocycles. The van der Waals surface area contributed by atoms with Gasteiger partial charge in [0.15, 0.2) is 0 Å². The summed E-state index contributed by atoms with van der Waals surface area (Å²) in [5, 5.41) is 9.93. The van der Waals surface area contributed by atoms with Crippen LogP contribution in [0.2, 0.25) is 0 Å². The molecular formula is C23H28N6O2. The molecule has 2 N–H and O–H groups in total. The van der Waals surface area contributed by atoms with Crippen LogP contribution in [-0.4, -0.2) is 38.7 Å². The number of aromatic nitrogens is 3. The van der Waals surface area contributed by atoms with E-state index in [2.05, 4.69) is 20.7 Å². The summed E-state index contributed by atoms with van der Waals surface area (Å²) in [6.07, 6.45) is 3.12. The van der Waals surface area contributed by atoms with Crippen LogP contribution >= 0.6 is 0 Å². The second-order valence-electron chi connectivity index (χ2n) is 7.82. The van der Waals surface area contributed by atoms with E-state index in [1.807, 2.05) is 64.1 Å². The van der Waals surface area contributed by atoms with Gasteiger partial charge in [0.05, 0.1) is 11.7 Å². The molecular weight excluding hydrogens is 392 g/mol. The van der Waals surface area contributed by atoms with Crippen molar-refractivity contribution < 1.29 is 9.59 Å². The molecule has 8 nitrogen and oxygen atoms in total. The first-order valence-corrected chi connectivity index (χ1v) is 10.2. The fourth-order valence-corrected chi connectivity index (χ4v) is 2.97. The fourth-order valence-electron chi connectivity index (χ4n) is 2.97. The largest absolute Gasteiger partial charge is 0.326 e. The number of benzene rings is 2. The summed E-state index contributed by atoms with van der Waals surface area (Å²) in [6, 6.07) is 12.9. The van der Waals surface area contributed by atoms with Crippen LogP contribution in [-0.2, 0) is 4.79 Å². The van der Waals surface area contributed by atoms with Crippen molar-refractivity contribution in [3.63, 3.8) is 0 Å². The standard InChI is InChI=1S/C23H28N6O2/c1-15(2)22(30)26-19-9-6-16(3)21(12-19)27-23(31)28(5)17(4)18-7-10-20(11-8-18)29-14-24-13-25-29/h6-15,17H,1-5H3,(H,26,30)(H,27,31)/t17-/m1/s1. The Morgan fingerprint density at radius 3 is 2.35 bits per heavy atom. The van der Waals surface area contributed by atoms with Crippen molar-refractivity contribution >= 4 is 23.3 Å². The Kier molecular flexibility index (Phi) is 6.69. The molecule has 1 atom stereocenters. The summed E-state index contributed by atoms with van der Waals surface area (Å²) in [5.41, 5.74) is 4.12. The highest BCUT2D eigenvalue weighted by molar-refractivity contribution is 5.94. The van der Waals surface area contributed by atoms with Gasteiger partial charge in [-0.25, -0.2) is 14.5 Å². The molecule has 0 aliphatic heterocycles. The van der Waals surface area contributed by atoms with Gasteiger partial charge in [-0.2, -0.15) is 5.10 Å². The van der Waals surface area contributed by atoms with Crippen molar-refractivity contribution in [1.82, 2.24) is 19.7 Å². The van der Waals surface area contributed by atoms with E-state index in [0.29, 0.717) is 11.4 Å². The topological polar surface area (TPSA) is 92.2 Å². The molecule has 0 radical (unpaired) electrons. The summed E-state index contributed by atoms with van der Waals surface area (Å²) in [5.74, 6) is -0.191. The highest BCUT2D eigenvalue weighted by Crippen LogP contribution is 2.24. The first-order chi connectivity index (χ1) is 14.8. The maximum absolute atomic E-state index is 12.9. The van der Waals surface area contributed by atoms with Gasteiger partial charge < -0.3 is 15.5 Å². The molecule has 0 spiro atoms. The van der Waals surface area contributed by atoms with E-state index in [4.69, 9.17) is 0 Å². The van der Waals surface area contributed by atoms with E-state index >= 15 is 0 Å². The van der Waals surface area contributed by atoms with Gasteiger partial charge >= 0.3 is 6.03 Å². The number of rotatable bonds is 6. The predicted molar refractivity (Wildman–Crippen MR) is 121 cm³/mol. The van der Waals surface area contributed by atoms with Gasteiger partial charge in [0.2, 0.25) is 5.91 Å². The molecule has 0 unspecified atom stereocenters. The van der Waals surface area contributed by atoms with Gasteiger partial charge in [0.25, 0.3) is 0 Å². The number of urea groups is 1. The highest BCUT2D eigenvalue weighted by Gasteiger charge is 2.19. The van der Waals surface area contributed by atoms with Gasteiger partial charge in [-0.1, -0.05) is 32.0 Å². The molecule has 0 saturated heterocycles. The van der Waals surface area contributed by atoms with Crippen molar-refractivity contribution in [3.8, 4) is 5.69 Å². The maximum atomic E-state index is 12.9. The Balaban J connectivity index is 1.69. The lowest BCUT2D eigenvalue weighted by Gasteiger charge is -2.26. The first kappa shape index (κ1) is 22.0. The third kappa shape index (κ3) is 5.28. The molecule has 0 bridgehead atoms. The molecule has 3 aromatic rings. The van der Waals surface area contributed by atoms with Gasteiger partial charge in [0, 0.05) is 24.3 Å². The summed E-state index contributed by atoms with van der Waals surface area (Å²) in [4.78, 5) is 30.4. The Labute approximate surface area is 182 Å². The second-order valence-corrected chi connectivity index (χ2v) is 7.82. The maximum Gasteiger partial charge on any atom is 0.322 e. The minimum absolute atomic E-state index is 0.0683. The number of anilines is 2. The van der Waals surface area contributed by atoms with Gasteiger partial charge in [0.1, 0.15) is 12.7 Å². The lowest BCUT2D eigenvalue weighted by Crippen LogP contribution is -2.33. The van der Waals surface area contributed by atoms with Crippen molar-refractivity contribution in [2.45, 2.75) is 33.7 Å². The minimum Gasteiger partial charge on any atom is -0.326 e. The molecule has 162 valence electrons. The Morgan fingerprint density at radius 1 is 1.03 bits per heavy atom. The van der Waals surface area contributed by atoms with Crippen LogP contribution in [0, 0.1) is 12.8 Å². The van der Waals surface area contributed by atoms with E-state index in [-0.39, 0.29) is 23.9 Å². The molecule has 0 fully saturated rings. The highest BCUT2D eigenvalue weighted by atomic mass is 16.2. The van der Waals surface area contributed by atoms with Gasteiger partial charge in [-0.15, -0.1) is 0 Å². The summed E-state index contributed by atoms with van der Waals surface area (Å²) >= 11 is 0. The number of hydrogen-bond donors (Lipinski definition) is 2. The molecule has 8 heteroatoms. The number of aryl methyl sites for hydroxylation is 1. The lowest BCUT2D eigenvalue weighted by atomic mass is 10.1. The minimum atomic E-state index is -0.233. The van der Waals surface area contributed by atoms with Crippen molar-refractivity contribution in [3.05, 3.63) is 66.2 Å². The van der Waals surface area contributed by atoms with E-state index in [9.17, 15) is 9.59 Å². The summed E-state index contributed by atoms with van der Waals surface area (Å²) in [7, 11) is 1.76. The Bertz CT molecular complexity index is 1040. The monoisotopic (exact) mass is 420 g/mol. The first-order valence-electron chi connectivity index (χ1n) is 10.2. The van der Waals surface area contributed by atoms with E-state index < -0.39 is 0 Å². The SMILES string of the molecule is Cc1ccc(NC(=O)C(C)C)cc1NC(=O)N(C)[C@H](C)c1ccc(-n2cncn2)cc1. The zero-order chi connectivity index (χ0) is 22.5. The lowest BCUT2D eigenvalue weighted by molar-refractivity contribution is -0.118. The number of hydrogen-bond acceptors (Lipinski definition) is 4. The number of nitrogens with zero attached hydrogens (tertiary/aromatic N) is 4. The third-order valence-electron chi connectivity index (χ3n) is 5.23. The third-order valence-corrected chi connectivity index (χ3v) is 5.23. The number of carbonyl (C=O) groups excluding carboxylic acids is 2. The Morgan fingerprint density at radius 2 is 1.74 bits per heavy atom. The normalized spacial score (nSPS) is 11.8. The van der Waals surface area contributed by atoms with Crippen LogP contribution in [0.15, 0.2) is 55.1 Å². The second kappa shape index (κ2) is 9.42.